The first-order valence-electron chi connectivity index (χ1n) is 24.0. The van der Waals surface area contributed by atoms with Crippen LogP contribution < -0.4 is 51.7 Å². The number of hydrazine groups is 1. The molecule has 4 amide bonds. The quantitative estimate of drug-likeness (QED) is 0.110. The zero-order chi connectivity index (χ0) is 45.0. The van der Waals surface area contributed by atoms with Gasteiger partial charge in [0.05, 0.1) is 62.0 Å². The second kappa shape index (κ2) is 19.9. The van der Waals surface area contributed by atoms with Crippen LogP contribution in [0.1, 0.15) is 65.2 Å². The SMILES string of the molecule is CCNC(=O)N(c1ccc(-c2nc(NC3CCNCC3)nc(N3C4CCC3COC4)n2)cc1)N(C(=O)NCC)c1ccc(-c2nc(NC3CCNCC3)nc(N3C4CCC3COC4)n2)cc1. The van der Waals surface area contributed by atoms with E-state index in [0.29, 0.717) is 86.3 Å². The van der Waals surface area contributed by atoms with Gasteiger partial charge in [-0.1, -0.05) is 0 Å². The summed E-state index contributed by atoms with van der Waals surface area (Å²) in [5.74, 6) is 3.41. The second-order valence-electron chi connectivity index (χ2n) is 18.0. The Balaban J connectivity index is 0.966. The van der Waals surface area contributed by atoms with Gasteiger partial charge in [-0.25, -0.2) is 9.59 Å². The number of benzene rings is 2. The largest absolute Gasteiger partial charge is 0.377 e. The van der Waals surface area contributed by atoms with Crippen molar-refractivity contribution in [3.8, 4) is 22.8 Å². The van der Waals surface area contributed by atoms with Gasteiger partial charge in [-0.15, -0.1) is 0 Å². The van der Waals surface area contributed by atoms with E-state index in [2.05, 4.69) is 41.7 Å². The standard InChI is InChI=1S/C46H62N16O4/c1-3-49-45(63)61(33-9-5-29(6-10-33)39-53-41(51-31-17-21-47-22-18-31)57-43(55-39)59-35-13-14-36(59)26-65-25-35)62(46(64)50-4-2)34-11-7-30(8-12-34)40-54-42(52-32-19-23-48-24-20-32)58-44(56-40)60-37-15-16-38(60)28-66-27-37/h5-12,31-32,35-38,47-48H,3-4,13-28H2,1-2H3,(H,49,63)(H,50,64)(H,51,53,55,57)(H,52,54,56,58). The first-order valence-corrected chi connectivity index (χ1v) is 24.0. The molecule has 0 aliphatic carbocycles. The lowest BCUT2D eigenvalue weighted by molar-refractivity contribution is 0.0897. The van der Waals surface area contributed by atoms with E-state index in [1.54, 1.807) is 0 Å². The van der Waals surface area contributed by atoms with Gasteiger partial charge in [0, 0.05) is 36.3 Å². The number of rotatable bonds is 12. The molecule has 20 heteroatoms. The zero-order valence-corrected chi connectivity index (χ0v) is 37.9. The molecule has 0 spiro atoms. The molecule has 2 aromatic heterocycles. The predicted octanol–water partition coefficient (Wildman–Crippen LogP) is 4.14. The number of nitrogens with one attached hydrogen (secondary N) is 6. The summed E-state index contributed by atoms with van der Waals surface area (Å²) < 4.78 is 11.8. The molecule has 4 aromatic rings. The molecular formula is C46H62N16O4. The van der Waals surface area contributed by atoms with Gasteiger partial charge in [-0.3, -0.25) is 0 Å². The summed E-state index contributed by atoms with van der Waals surface area (Å²) in [6.45, 7) is 10.7. The summed E-state index contributed by atoms with van der Waals surface area (Å²) >= 11 is 0. The highest BCUT2D eigenvalue weighted by molar-refractivity contribution is 6.05. The smallest absolute Gasteiger partial charge is 0.341 e. The number of anilines is 6. The van der Waals surface area contributed by atoms with Crippen LogP contribution in [0.5, 0.6) is 0 Å². The van der Waals surface area contributed by atoms with Gasteiger partial charge in [-0.2, -0.15) is 39.9 Å². The summed E-state index contributed by atoms with van der Waals surface area (Å²) in [7, 11) is 0. The average Bonchev–Trinajstić information content (AvgIpc) is 3.75. The number of aromatic nitrogens is 6. The third kappa shape index (κ3) is 9.36. The van der Waals surface area contributed by atoms with Crippen LogP contribution in [0.3, 0.4) is 0 Å². The number of morpholine rings is 2. The highest BCUT2D eigenvalue weighted by atomic mass is 16.5. The van der Waals surface area contributed by atoms with E-state index >= 15 is 0 Å². The van der Waals surface area contributed by atoms with Crippen molar-refractivity contribution in [1.29, 1.82) is 0 Å². The molecule has 6 aliphatic rings. The van der Waals surface area contributed by atoms with Crippen LogP contribution in [-0.4, -0.2) is 144 Å². The van der Waals surface area contributed by atoms with Gasteiger partial charge in [0.15, 0.2) is 11.6 Å². The number of ether oxygens (including phenoxy) is 2. The Hall–Kier alpha value is -5.96. The van der Waals surface area contributed by atoms with Crippen molar-refractivity contribution in [1.82, 2.24) is 51.2 Å². The Morgan fingerprint density at radius 2 is 0.909 bits per heavy atom. The number of hydrogen-bond donors (Lipinski definition) is 6. The van der Waals surface area contributed by atoms with Crippen molar-refractivity contribution in [2.45, 2.75) is 101 Å². The van der Waals surface area contributed by atoms with Crippen molar-refractivity contribution in [2.75, 3.05) is 96.1 Å². The van der Waals surface area contributed by atoms with E-state index in [-0.39, 0.29) is 36.3 Å². The van der Waals surface area contributed by atoms with E-state index in [1.807, 2.05) is 62.4 Å². The molecule has 0 radical (unpaired) electrons. The number of urea groups is 2. The van der Waals surface area contributed by atoms with Crippen molar-refractivity contribution in [3.63, 3.8) is 0 Å². The van der Waals surface area contributed by atoms with Crippen molar-refractivity contribution < 1.29 is 19.1 Å². The molecule has 6 aliphatic heterocycles. The molecule has 20 nitrogen and oxygen atoms in total. The minimum atomic E-state index is -0.477. The highest BCUT2D eigenvalue weighted by Gasteiger charge is 2.41. The summed E-state index contributed by atoms with van der Waals surface area (Å²) in [6.07, 6.45) is 8.01. The number of piperidine rings is 2. The summed E-state index contributed by atoms with van der Waals surface area (Å²) in [4.78, 5) is 62.8. The van der Waals surface area contributed by atoms with Crippen LogP contribution in [0, 0.1) is 0 Å². The molecule has 350 valence electrons. The molecule has 6 fully saturated rings. The minimum Gasteiger partial charge on any atom is -0.377 e. The van der Waals surface area contributed by atoms with E-state index < -0.39 is 12.1 Å². The summed E-state index contributed by atoms with van der Waals surface area (Å²) in [5.41, 5.74) is 2.42. The first-order chi connectivity index (χ1) is 32.4. The van der Waals surface area contributed by atoms with E-state index in [0.717, 1.165) is 88.7 Å². The van der Waals surface area contributed by atoms with Gasteiger partial charge in [0.2, 0.25) is 23.8 Å². The number of amides is 4. The van der Waals surface area contributed by atoms with Crippen LogP contribution in [0.15, 0.2) is 48.5 Å². The second-order valence-corrected chi connectivity index (χ2v) is 18.0. The van der Waals surface area contributed by atoms with Gasteiger partial charge < -0.3 is 51.2 Å². The fourth-order valence-corrected chi connectivity index (χ4v) is 10.2. The molecule has 4 unspecified atom stereocenters. The monoisotopic (exact) mass is 903 g/mol. The number of hydrogen-bond acceptors (Lipinski definition) is 16. The predicted molar refractivity (Wildman–Crippen MR) is 253 cm³/mol. The van der Waals surface area contributed by atoms with Crippen molar-refractivity contribution in [3.05, 3.63) is 48.5 Å². The zero-order valence-electron chi connectivity index (χ0n) is 37.9. The molecule has 6 saturated heterocycles. The van der Waals surface area contributed by atoms with Crippen LogP contribution in [-0.2, 0) is 9.47 Å². The molecule has 2 aromatic carbocycles. The number of fused-ring (bicyclic) bond motifs is 4. The molecule has 66 heavy (non-hydrogen) atoms. The number of carbonyl (C=O) groups is 2. The molecule has 4 atom stereocenters. The van der Waals surface area contributed by atoms with Crippen LogP contribution in [0.4, 0.5) is 44.8 Å². The van der Waals surface area contributed by atoms with Crippen molar-refractivity contribution in [2.24, 2.45) is 0 Å². The highest BCUT2D eigenvalue weighted by Crippen LogP contribution is 2.36. The van der Waals surface area contributed by atoms with Gasteiger partial charge >= 0.3 is 12.1 Å². The lowest BCUT2D eigenvalue weighted by Crippen LogP contribution is -2.57. The lowest BCUT2D eigenvalue weighted by atomic mass is 10.1. The maximum atomic E-state index is 14.2. The average molecular weight is 903 g/mol. The lowest BCUT2D eigenvalue weighted by Gasteiger charge is -2.35. The van der Waals surface area contributed by atoms with Crippen LogP contribution in [0.2, 0.25) is 0 Å². The third-order valence-corrected chi connectivity index (χ3v) is 13.5. The van der Waals surface area contributed by atoms with Gasteiger partial charge in [-0.05, 0) is 140 Å². The third-order valence-electron chi connectivity index (χ3n) is 13.5. The fourth-order valence-electron chi connectivity index (χ4n) is 10.2. The Kier molecular flexibility index (Phi) is 13.2. The Morgan fingerprint density at radius 1 is 0.545 bits per heavy atom. The van der Waals surface area contributed by atoms with Crippen LogP contribution >= 0.6 is 0 Å². The van der Waals surface area contributed by atoms with E-state index in [9.17, 15) is 9.59 Å². The van der Waals surface area contributed by atoms with E-state index in [1.165, 1.54) is 10.0 Å². The molecule has 0 saturated carbocycles. The van der Waals surface area contributed by atoms with Crippen molar-refractivity contribution >= 4 is 47.2 Å². The maximum Gasteiger partial charge on any atom is 0.341 e. The Bertz CT molecular complexity index is 2120. The summed E-state index contributed by atoms with van der Waals surface area (Å²) in [5, 5.41) is 22.6. The topological polar surface area (TPSA) is 215 Å². The van der Waals surface area contributed by atoms with Gasteiger partial charge in [0.1, 0.15) is 0 Å². The fraction of sp³-hybridized carbons (Fsp3) is 0.565. The Morgan fingerprint density at radius 3 is 1.26 bits per heavy atom. The first kappa shape index (κ1) is 43.9. The number of carbonyl (C=O) groups excluding carboxylic acids is 2. The molecule has 8 heterocycles. The normalized spacial score (nSPS) is 23.1. The Labute approximate surface area is 385 Å². The summed E-state index contributed by atoms with van der Waals surface area (Å²) in [6, 6.07) is 15.2. The maximum absolute atomic E-state index is 14.2. The van der Waals surface area contributed by atoms with Crippen LogP contribution in [0.25, 0.3) is 22.8 Å². The molecular weight excluding hydrogens is 841 g/mol. The molecule has 10 rings (SSSR count). The van der Waals surface area contributed by atoms with E-state index in [4.69, 9.17) is 39.4 Å². The number of nitrogens with zero attached hydrogens (tertiary/aromatic N) is 10. The molecule has 4 bridgehead atoms. The minimum absolute atomic E-state index is 0.214. The van der Waals surface area contributed by atoms with Gasteiger partial charge in [0.25, 0.3) is 0 Å². The molecule has 6 N–H and O–H groups in total.